The Bertz CT molecular complexity index is 1030. The van der Waals surface area contributed by atoms with E-state index in [0.29, 0.717) is 11.3 Å². The van der Waals surface area contributed by atoms with Crippen molar-refractivity contribution in [2.75, 3.05) is 4.95 Å². The Kier molecular flexibility index (Phi) is 8.23. The summed E-state index contributed by atoms with van der Waals surface area (Å²) >= 11 is 3.65. The van der Waals surface area contributed by atoms with E-state index < -0.39 is 22.7 Å². The van der Waals surface area contributed by atoms with E-state index in [2.05, 4.69) is 40.9 Å². The van der Waals surface area contributed by atoms with Crippen LogP contribution in [-0.2, 0) is 9.84 Å². The molecule has 1 fully saturated rings. The molecule has 5 heteroatoms. The van der Waals surface area contributed by atoms with E-state index in [-0.39, 0.29) is 0 Å². The number of hydrogen-bond acceptors (Lipinski definition) is 2. The summed E-state index contributed by atoms with van der Waals surface area (Å²) in [6, 6.07) is 17.7. The van der Waals surface area contributed by atoms with Gasteiger partial charge in [0.2, 0.25) is 0 Å². The molecular weight excluding hydrogens is 484 g/mol. The molecule has 0 N–H and O–H groups in total. The Morgan fingerprint density at radius 2 is 1.61 bits per heavy atom. The highest BCUT2D eigenvalue weighted by Crippen LogP contribution is 2.42. The molecule has 0 heterocycles. The van der Waals surface area contributed by atoms with Crippen LogP contribution in [0.2, 0.25) is 13.1 Å². The summed E-state index contributed by atoms with van der Waals surface area (Å²) in [5.41, 5.74) is 1.01. The van der Waals surface area contributed by atoms with Crippen LogP contribution in [0.4, 0.5) is 0 Å². The third kappa shape index (κ3) is 5.53. The number of hydrogen-bond donors (Lipinski definition) is 0. The summed E-state index contributed by atoms with van der Waals surface area (Å²) in [5.74, 6) is 6.45. The standard InChI is InChI=1S/C26H33BrO2SSi/c1-31(2,22-27)25-18-10-9-17-24(25)30(28,29)26(20-12-5-13-21-26)19-11-4-8-16-23-14-6-3-7-15-23/h3,6-7,9-10,14-15,17-18H,4-5,11-13,19-22H2,1-2H3. The molecule has 2 nitrogen and oxygen atoms in total. The highest BCUT2D eigenvalue weighted by atomic mass is 79.9. The van der Waals surface area contributed by atoms with Crippen molar-refractivity contribution in [3.05, 3.63) is 60.2 Å². The Hall–Kier alpha value is -1.35. The predicted octanol–water partition coefficient (Wildman–Crippen LogP) is 6.23. The highest BCUT2D eigenvalue weighted by molar-refractivity contribution is 9.09. The van der Waals surface area contributed by atoms with Gasteiger partial charge in [-0.3, -0.25) is 0 Å². The maximum Gasteiger partial charge on any atom is 0.183 e. The topological polar surface area (TPSA) is 34.1 Å². The van der Waals surface area contributed by atoms with Crippen molar-refractivity contribution in [3.8, 4) is 11.8 Å². The van der Waals surface area contributed by atoms with Gasteiger partial charge in [0.25, 0.3) is 0 Å². The second kappa shape index (κ2) is 10.5. The monoisotopic (exact) mass is 516 g/mol. The summed E-state index contributed by atoms with van der Waals surface area (Å²) in [6.45, 7) is 4.48. The SMILES string of the molecule is C[Si](C)(CBr)c1ccccc1S(=O)(=O)C1(CCCC#Cc2ccccc2)CCCCC1. The van der Waals surface area contributed by atoms with Gasteiger partial charge in [-0.25, -0.2) is 8.42 Å². The first-order valence-electron chi connectivity index (χ1n) is 11.3. The molecule has 0 unspecified atom stereocenters. The van der Waals surface area contributed by atoms with Crippen LogP contribution in [0, 0.1) is 11.8 Å². The number of sulfone groups is 1. The van der Waals surface area contributed by atoms with Gasteiger partial charge >= 0.3 is 0 Å². The fourth-order valence-electron chi connectivity index (χ4n) is 4.60. The average molecular weight is 518 g/mol. The molecule has 0 aromatic heterocycles. The van der Waals surface area contributed by atoms with E-state index in [4.69, 9.17) is 0 Å². The summed E-state index contributed by atoms with van der Waals surface area (Å²) in [7, 11) is -5.29. The van der Waals surface area contributed by atoms with Gasteiger partial charge in [0.05, 0.1) is 17.7 Å². The Morgan fingerprint density at radius 1 is 0.968 bits per heavy atom. The van der Waals surface area contributed by atoms with Crippen LogP contribution in [-0.4, -0.2) is 26.2 Å². The quantitative estimate of drug-likeness (QED) is 0.189. The van der Waals surface area contributed by atoms with E-state index in [1.54, 1.807) is 0 Å². The lowest BCUT2D eigenvalue weighted by molar-refractivity contribution is 0.349. The van der Waals surface area contributed by atoms with Gasteiger partial charge in [-0.15, -0.1) is 0 Å². The van der Waals surface area contributed by atoms with Gasteiger partial charge < -0.3 is 0 Å². The smallest absolute Gasteiger partial charge is 0.183 e. The molecule has 0 saturated heterocycles. The van der Waals surface area contributed by atoms with Gasteiger partial charge in [0, 0.05) is 16.9 Å². The Morgan fingerprint density at radius 3 is 2.29 bits per heavy atom. The highest BCUT2D eigenvalue weighted by Gasteiger charge is 2.46. The lowest BCUT2D eigenvalue weighted by Crippen LogP contribution is -2.49. The van der Waals surface area contributed by atoms with Crippen LogP contribution >= 0.6 is 15.9 Å². The normalized spacial score (nSPS) is 16.4. The zero-order chi connectivity index (χ0) is 22.4. The number of rotatable bonds is 7. The van der Waals surface area contributed by atoms with Crippen molar-refractivity contribution < 1.29 is 8.42 Å². The maximum atomic E-state index is 14.1. The molecule has 31 heavy (non-hydrogen) atoms. The second-order valence-electron chi connectivity index (χ2n) is 9.28. The van der Waals surface area contributed by atoms with Crippen molar-refractivity contribution >= 4 is 39.0 Å². The second-order valence-corrected chi connectivity index (χ2v) is 17.9. The maximum absolute atomic E-state index is 14.1. The summed E-state index contributed by atoms with van der Waals surface area (Å²) < 4.78 is 27.7. The van der Waals surface area contributed by atoms with E-state index in [1.165, 1.54) is 0 Å². The molecule has 0 bridgehead atoms. The van der Waals surface area contributed by atoms with Gasteiger partial charge in [0.15, 0.2) is 9.84 Å². The van der Waals surface area contributed by atoms with Crippen LogP contribution in [0.1, 0.15) is 56.9 Å². The number of unbranched alkanes of at least 4 members (excludes halogenated alkanes) is 1. The van der Waals surface area contributed by atoms with Crippen molar-refractivity contribution in [2.24, 2.45) is 0 Å². The van der Waals surface area contributed by atoms with Crippen LogP contribution in [0.15, 0.2) is 59.5 Å². The van der Waals surface area contributed by atoms with Crippen LogP contribution < -0.4 is 5.19 Å². The molecule has 0 atom stereocenters. The molecule has 2 aromatic carbocycles. The molecule has 1 aliphatic carbocycles. The van der Waals surface area contributed by atoms with E-state index in [0.717, 1.165) is 60.6 Å². The molecule has 0 spiro atoms. The zero-order valence-corrected chi connectivity index (χ0v) is 22.1. The third-order valence-corrected chi connectivity index (χ3v) is 16.2. The first-order chi connectivity index (χ1) is 14.8. The van der Waals surface area contributed by atoms with Gasteiger partial charge in [0.1, 0.15) is 0 Å². The minimum absolute atomic E-state index is 0.586. The number of benzene rings is 2. The van der Waals surface area contributed by atoms with Crippen LogP contribution in [0.3, 0.4) is 0 Å². The molecule has 0 amide bonds. The molecule has 3 rings (SSSR count). The number of halogens is 1. The largest absolute Gasteiger partial charge is 0.223 e. The fraction of sp³-hybridized carbons (Fsp3) is 0.462. The molecule has 1 saturated carbocycles. The summed E-state index contributed by atoms with van der Waals surface area (Å²) in [5, 5.41) is 1.06. The number of alkyl halides is 1. The van der Waals surface area contributed by atoms with E-state index in [1.807, 2.05) is 54.6 Å². The van der Waals surface area contributed by atoms with Crippen LogP contribution in [0.25, 0.3) is 0 Å². The van der Waals surface area contributed by atoms with Crippen molar-refractivity contribution in [3.63, 3.8) is 0 Å². The molecule has 0 aliphatic heterocycles. The van der Waals surface area contributed by atoms with Gasteiger partial charge in [-0.05, 0) is 49.1 Å². The molecule has 2 aromatic rings. The first kappa shape index (κ1) is 24.3. The van der Waals surface area contributed by atoms with Crippen LogP contribution in [0.5, 0.6) is 0 Å². The minimum atomic E-state index is -3.42. The first-order valence-corrected chi connectivity index (χ1v) is 17.1. The predicted molar refractivity (Wildman–Crippen MR) is 138 cm³/mol. The Balaban J connectivity index is 1.86. The molecule has 1 aliphatic rings. The van der Waals surface area contributed by atoms with Crippen molar-refractivity contribution in [1.29, 1.82) is 0 Å². The molecule has 0 radical (unpaired) electrons. The van der Waals surface area contributed by atoms with E-state index >= 15 is 0 Å². The summed E-state index contributed by atoms with van der Waals surface area (Å²) in [6.07, 6.45) is 6.92. The lowest BCUT2D eigenvalue weighted by Gasteiger charge is -2.38. The Labute approximate surface area is 197 Å². The fourth-order valence-corrected chi connectivity index (χ4v) is 10.5. The van der Waals surface area contributed by atoms with Crippen molar-refractivity contribution in [1.82, 2.24) is 0 Å². The van der Waals surface area contributed by atoms with Crippen molar-refractivity contribution in [2.45, 2.75) is 74.1 Å². The van der Waals surface area contributed by atoms with Gasteiger partial charge in [-0.1, -0.05) is 96.5 Å². The lowest BCUT2D eigenvalue weighted by atomic mass is 9.84. The zero-order valence-electron chi connectivity index (χ0n) is 18.7. The third-order valence-electron chi connectivity index (χ3n) is 6.52. The molecular formula is C26H33BrO2SSi. The minimum Gasteiger partial charge on any atom is -0.223 e. The average Bonchev–Trinajstić information content (AvgIpc) is 2.80. The summed E-state index contributed by atoms with van der Waals surface area (Å²) in [4.78, 5) is 1.44. The molecule has 166 valence electrons. The van der Waals surface area contributed by atoms with E-state index in [9.17, 15) is 8.42 Å². The van der Waals surface area contributed by atoms with Gasteiger partial charge in [-0.2, -0.15) is 0 Å².